The van der Waals surface area contributed by atoms with Gasteiger partial charge in [0.2, 0.25) is 17.7 Å². The minimum atomic E-state index is -0.219. The van der Waals surface area contributed by atoms with E-state index in [4.69, 9.17) is 0 Å². The molecule has 94 valence electrons. The van der Waals surface area contributed by atoms with Crippen LogP contribution in [0.5, 0.6) is 0 Å². The van der Waals surface area contributed by atoms with Crippen molar-refractivity contribution >= 4 is 29.5 Å². The number of imide groups is 1. The number of rotatable bonds is 3. The first-order valence-corrected chi connectivity index (χ1v) is 7.04. The first-order valence-electron chi connectivity index (χ1n) is 5.75. The molecule has 0 aromatic rings. The Morgan fingerprint density at radius 3 is 2.53 bits per heavy atom. The van der Waals surface area contributed by atoms with Crippen molar-refractivity contribution in [3.63, 3.8) is 0 Å². The number of carbonyl (C=O) groups excluding carboxylic acids is 3. The summed E-state index contributed by atoms with van der Waals surface area (Å²) in [7, 11) is 0. The van der Waals surface area contributed by atoms with Gasteiger partial charge in [0, 0.05) is 31.2 Å². The van der Waals surface area contributed by atoms with Gasteiger partial charge in [-0.3, -0.25) is 19.3 Å². The van der Waals surface area contributed by atoms with E-state index in [0.717, 1.165) is 24.4 Å². The van der Waals surface area contributed by atoms with Crippen molar-refractivity contribution in [2.45, 2.75) is 24.5 Å². The molecule has 5 nitrogen and oxygen atoms in total. The molecule has 0 aromatic carbocycles. The molecule has 0 aliphatic carbocycles. The van der Waals surface area contributed by atoms with E-state index in [1.807, 2.05) is 6.26 Å². The van der Waals surface area contributed by atoms with Crippen LogP contribution in [-0.4, -0.2) is 58.7 Å². The van der Waals surface area contributed by atoms with Crippen molar-refractivity contribution in [2.75, 3.05) is 25.9 Å². The molecule has 2 heterocycles. The Hall–Kier alpha value is -1.04. The van der Waals surface area contributed by atoms with Gasteiger partial charge in [-0.2, -0.15) is 11.8 Å². The van der Waals surface area contributed by atoms with Crippen LogP contribution in [0.3, 0.4) is 0 Å². The van der Waals surface area contributed by atoms with Crippen LogP contribution >= 0.6 is 11.8 Å². The summed E-state index contributed by atoms with van der Waals surface area (Å²) >= 11 is 1.76. The van der Waals surface area contributed by atoms with Crippen LogP contribution in [0.25, 0.3) is 0 Å². The lowest BCUT2D eigenvalue weighted by Gasteiger charge is -2.20. The monoisotopic (exact) mass is 256 g/mol. The molecule has 0 saturated carbocycles. The Morgan fingerprint density at radius 1 is 1.35 bits per heavy atom. The molecule has 2 aliphatic rings. The molecule has 0 N–H and O–H groups in total. The zero-order chi connectivity index (χ0) is 12.4. The zero-order valence-electron chi connectivity index (χ0n) is 9.85. The number of nitrogens with zero attached hydrogens (tertiary/aromatic N) is 2. The van der Waals surface area contributed by atoms with Crippen molar-refractivity contribution in [3.8, 4) is 0 Å². The van der Waals surface area contributed by atoms with Gasteiger partial charge in [-0.05, 0) is 12.7 Å². The van der Waals surface area contributed by atoms with Crippen LogP contribution < -0.4 is 0 Å². The molecule has 1 unspecified atom stereocenters. The number of carbonyl (C=O) groups is 3. The van der Waals surface area contributed by atoms with E-state index < -0.39 is 0 Å². The number of hydrogen-bond acceptors (Lipinski definition) is 4. The minimum absolute atomic E-state index is 0.0707. The van der Waals surface area contributed by atoms with Crippen molar-refractivity contribution in [1.82, 2.24) is 9.80 Å². The van der Waals surface area contributed by atoms with Crippen molar-refractivity contribution < 1.29 is 14.4 Å². The van der Waals surface area contributed by atoms with Gasteiger partial charge in [0.1, 0.15) is 6.54 Å². The van der Waals surface area contributed by atoms with E-state index >= 15 is 0 Å². The van der Waals surface area contributed by atoms with E-state index in [2.05, 4.69) is 0 Å². The lowest BCUT2D eigenvalue weighted by Crippen LogP contribution is -2.41. The topological polar surface area (TPSA) is 57.7 Å². The molecule has 2 rings (SSSR count). The third kappa shape index (κ3) is 2.62. The lowest BCUT2D eigenvalue weighted by molar-refractivity contribution is -0.145. The van der Waals surface area contributed by atoms with Gasteiger partial charge in [-0.15, -0.1) is 0 Å². The SMILES string of the molecule is CSC1CCN(C(=O)CN2C(=O)CCC2=O)C1. The minimum Gasteiger partial charge on any atom is -0.340 e. The molecule has 2 saturated heterocycles. The van der Waals surface area contributed by atoms with Crippen LogP contribution in [0.2, 0.25) is 0 Å². The molecular weight excluding hydrogens is 240 g/mol. The zero-order valence-corrected chi connectivity index (χ0v) is 10.7. The van der Waals surface area contributed by atoms with Gasteiger partial charge in [0.15, 0.2) is 0 Å². The maximum atomic E-state index is 11.9. The Bertz CT molecular complexity index is 343. The predicted octanol–water partition coefficient (Wildman–Crippen LogP) is 0.0993. The predicted molar refractivity (Wildman–Crippen MR) is 64.5 cm³/mol. The van der Waals surface area contributed by atoms with Gasteiger partial charge < -0.3 is 4.90 Å². The lowest BCUT2D eigenvalue weighted by atomic mass is 10.4. The maximum absolute atomic E-state index is 11.9. The average Bonchev–Trinajstić information content (AvgIpc) is 2.90. The van der Waals surface area contributed by atoms with E-state index in [9.17, 15) is 14.4 Å². The average molecular weight is 256 g/mol. The highest BCUT2D eigenvalue weighted by Gasteiger charge is 2.33. The van der Waals surface area contributed by atoms with Crippen LogP contribution in [0, 0.1) is 0 Å². The maximum Gasteiger partial charge on any atom is 0.242 e. The van der Waals surface area contributed by atoms with Gasteiger partial charge in [0.05, 0.1) is 0 Å². The third-order valence-corrected chi connectivity index (χ3v) is 4.33. The second-order valence-electron chi connectivity index (χ2n) is 4.36. The smallest absolute Gasteiger partial charge is 0.242 e. The van der Waals surface area contributed by atoms with Gasteiger partial charge in [-0.1, -0.05) is 0 Å². The number of amides is 3. The summed E-state index contributed by atoms with van der Waals surface area (Å²) in [5.41, 5.74) is 0. The molecule has 17 heavy (non-hydrogen) atoms. The molecule has 2 fully saturated rings. The molecule has 1 atom stereocenters. The summed E-state index contributed by atoms with van der Waals surface area (Å²) < 4.78 is 0. The quantitative estimate of drug-likeness (QED) is 0.672. The summed E-state index contributed by atoms with van der Waals surface area (Å²) in [5.74, 6) is -0.543. The molecule has 2 aliphatic heterocycles. The number of likely N-dealkylation sites (tertiary alicyclic amines) is 2. The Labute approximate surface area is 105 Å². The van der Waals surface area contributed by atoms with Crippen molar-refractivity contribution in [3.05, 3.63) is 0 Å². The summed E-state index contributed by atoms with van der Waals surface area (Å²) in [6.07, 6.45) is 3.53. The van der Waals surface area contributed by atoms with E-state index in [-0.39, 0.29) is 37.1 Å². The fraction of sp³-hybridized carbons (Fsp3) is 0.727. The van der Waals surface area contributed by atoms with E-state index in [1.165, 1.54) is 0 Å². The van der Waals surface area contributed by atoms with Crippen LogP contribution in [-0.2, 0) is 14.4 Å². The van der Waals surface area contributed by atoms with Crippen LogP contribution in [0.1, 0.15) is 19.3 Å². The highest BCUT2D eigenvalue weighted by molar-refractivity contribution is 7.99. The van der Waals surface area contributed by atoms with Gasteiger partial charge >= 0.3 is 0 Å². The molecular formula is C11H16N2O3S. The fourth-order valence-electron chi connectivity index (χ4n) is 2.18. The molecule has 6 heteroatoms. The first kappa shape index (κ1) is 12.4. The Kier molecular flexibility index (Phi) is 3.71. The van der Waals surface area contributed by atoms with E-state index in [1.54, 1.807) is 16.7 Å². The molecule has 3 amide bonds. The largest absolute Gasteiger partial charge is 0.340 e. The molecule has 0 bridgehead atoms. The van der Waals surface area contributed by atoms with Crippen molar-refractivity contribution in [1.29, 1.82) is 0 Å². The van der Waals surface area contributed by atoms with Crippen LogP contribution in [0.15, 0.2) is 0 Å². The highest BCUT2D eigenvalue weighted by Crippen LogP contribution is 2.20. The Balaban J connectivity index is 1.89. The summed E-state index contributed by atoms with van der Waals surface area (Å²) in [6.45, 7) is 1.40. The number of thioether (sulfide) groups is 1. The summed E-state index contributed by atoms with van der Waals surface area (Å²) in [5, 5.41) is 0.490. The normalized spacial score (nSPS) is 24.9. The highest BCUT2D eigenvalue weighted by atomic mass is 32.2. The van der Waals surface area contributed by atoms with E-state index in [0.29, 0.717) is 5.25 Å². The van der Waals surface area contributed by atoms with Gasteiger partial charge in [-0.25, -0.2) is 0 Å². The standard InChI is InChI=1S/C11H16N2O3S/c1-17-8-4-5-12(6-8)11(16)7-13-9(14)2-3-10(13)15/h8H,2-7H2,1H3. The number of hydrogen-bond donors (Lipinski definition) is 0. The fourth-order valence-corrected chi connectivity index (χ4v) is 2.85. The third-order valence-electron chi connectivity index (χ3n) is 3.28. The second-order valence-corrected chi connectivity index (χ2v) is 5.50. The van der Waals surface area contributed by atoms with Crippen molar-refractivity contribution in [2.24, 2.45) is 0 Å². The molecule has 0 radical (unpaired) electrons. The Morgan fingerprint density at radius 2 is 2.00 bits per heavy atom. The first-order chi connectivity index (χ1) is 8.11. The second kappa shape index (κ2) is 5.08. The van der Waals surface area contributed by atoms with Gasteiger partial charge in [0.25, 0.3) is 0 Å². The summed E-state index contributed by atoms with van der Waals surface area (Å²) in [6, 6.07) is 0. The molecule has 0 spiro atoms. The summed E-state index contributed by atoms with van der Waals surface area (Å²) in [4.78, 5) is 37.5. The molecule has 0 aromatic heterocycles. The van der Waals surface area contributed by atoms with Crippen LogP contribution in [0.4, 0.5) is 0 Å².